The average Bonchev–Trinajstić information content (AvgIpc) is 2.16. The number of hydrogen-bond donors (Lipinski definition) is 2. The quantitative estimate of drug-likeness (QED) is 0.563. The second kappa shape index (κ2) is 10.1. The van der Waals surface area contributed by atoms with Gasteiger partial charge in [0.05, 0.1) is 0 Å². The van der Waals surface area contributed by atoms with Gasteiger partial charge in [-0.1, -0.05) is 45.4 Å². The Morgan fingerprint density at radius 1 is 0.625 bits per heavy atom. The Morgan fingerprint density at radius 3 is 1.62 bits per heavy atom. The molecule has 0 spiro atoms. The summed E-state index contributed by atoms with van der Waals surface area (Å²) in [6, 6.07) is 0.752. The monoisotopic (exact) mass is 228 g/mol. The van der Waals surface area contributed by atoms with Gasteiger partial charge in [-0.15, -0.1) is 0 Å². The van der Waals surface area contributed by atoms with Crippen LogP contribution in [0.1, 0.15) is 72.1 Å². The second-order valence-electron chi connectivity index (χ2n) is 5.63. The van der Waals surface area contributed by atoms with Gasteiger partial charge < -0.3 is 11.5 Å². The standard InChI is InChI=1S/C14H32N2/c1-12(9-7-11-14(3)16)8-5-4-6-10-13(2)15/h12-14H,4-11,15-16H2,1-3H3. The molecule has 2 nitrogen and oxygen atoms in total. The van der Waals surface area contributed by atoms with Crippen molar-refractivity contribution in [3.05, 3.63) is 0 Å². The fourth-order valence-electron chi connectivity index (χ4n) is 2.07. The second-order valence-corrected chi connectivity index (χ2v) is 5.63. The van der Waals surface area contributed by atoms with Crippen LogP contribution in [0.15, 0.2) is 0 Å². The van der Waals surface area contributed by atoms with E-state index in [1.54, 1.807) is 0 Å². The fourth-order valence-corrected chi connectivity index (χ4v) is 2.07. The summed E-state index contributed by atoms with van der Waals surface area (Å²) in [5, 5.41) is 0. The topological polar surface area (TPSA) is 52.0 Å². The van der Waals surface area contributed by atoms with Crippen LogP contribution in [0.2, 0.25) is 0 Å². The highest BCUT2D eigenvalue weighted by atomic mass is 14.6. The molecule has 98 valence electrons. The van der Waals surface area contributed by atoms with E-state index < -0.39 is 0 Å². The van der Waals surface area contributed by atoms with Gasteiger partial charge in [-0.2, -0.15) is 0 Å². The Kier molecular flexibility index (Phi) is 10.0. The molecule has 0 aliphatic carbocycles. The maximum Gasteiger partial charge on any atom is 0.00104 e. The molecular formula is C14H32N2. The van der Waals surface area contributed by atoms with Crippen molar-refractivity contribution in [2.24, 2.45) is 17.4 Å². The third-order valence-electron chi connectivity index (χ3n) is 3.21. The lowest BCUT2D eigenvalue weighted by atomic mass is 9.96. The molecule has 3 atom stereocenters. The molecule has 4 N–H and O–H groups in total. The minimum Gasteiger partial charge on any atom is -0.328 e. The molecule has 2 heteroatoms. The Bertz CT molecular complexity index is 144. The molecule has 0 rings (SSSR count). The number of nitrogens with two attached hydrogens (primary N) is 2. The van der Waals surface area contributed by atoms with Crippen molar-refractivity contribution in [2.75, 3.05) is 0 Å². The molecule has 0 aromatic rings. The van der Waals surface area contributed by atoms with Crippen molar-refractivity contribution in [1.29, 1.82) is 0 Å². The summed E-state index contributed by atoms with van der Waals surface area (Å²) >= 11 is 0. The normalized spacial score (nSPS) is 17.1. The molecule has 0 aromatic heterocycles. The molecule has 0 aromatic carbocycles. The van der Waals surface area contributed by atoms with E-state index in [0.717, 1.165) is 5.92 Å². The molecule has 3 unspecified atom stereocenters. The molecule has 0 heterocycles. The van der Waals surface area contributed by atoms with Crippen LogP contribution in [-0.2, 0) is 0 Å². The maximum atomic E-state index is 5.73. The smallest absolute Gasteiger partial charge is 0.00104 e. The Balaban J connectivity index is 3.20. The predicted octanol–water partition coefficient (Wildman–Crippen LogP) is 3.44. The molecule has 0 amide bonds. The minimum absolute atomic E-state index is 0.373. The number of hydrogen-bond acceptors (Lipinski definition) is 2. The van der Waals surface area contributed by atoms with Crippen molar-refractivity contribution in [1.82, 2.24) is 0 Å². The lowest BCUT2D eigenvalue weighted by molar-refractivity contribution is 0.428. The Morgan fingerprint density at radius 2 is 1.06 bits per heavy atom. The number of unbranched alkanes of at least 4 members (excludes halogenated alkanes) is 2. The largest absolute Gasteiger partial charge is 0.328 e. The summed E-state index contributed by atoms with van der Waals surface area (Å²) in [7, 11) is 0. The van der Waals surface area contributed by atoms with E-state index in [4.69, 9.17) is 11.5 Å². The summed E-state index contributed by atoms with van der Waals surface area (Å²) in [4.78, 5) is 0. The molecule has 0 aliphatic rings. The van der Waals surface area contributed by atoms with Crippen LogP contribution in [0.5, 0.6) is 0 Å². The van der Waals surface area contributed by atoms with E-state index in [9.17, 15) is 0 Å². The zero-order chi connectivity index (χ0) is 12.4. The highest BCUT2D eigenvalue weighted by Crippen LogP contribution is 2.17. The van der Waals surface area contributed by atoms with Crippen LogP contribution in [0, 0.1) is 5.92 Å². The Hall–Kier alpha value is -0.0800. The molecule has 0 bridgehead atoms. The van der Waals surface area contributed by atoms with Crippen LogP contribution in [0.4, 0.5) is 0 Å². The average molecular weight is 228 g/mol. The van der Waals surface area contributed by atoms with Crippen LogP contribution in [0.3, 0.4) is 0 Å². The Labute approximate surface area is 102 Å². The maximum absolute atomic E-state index is 5.73. The van der Waals surface area contributed by atoms with Crippen molar-refractivity contribution < 1.29 is 0 Å². The van der Waals surface area contributed by atoms with Gasteiger partial charge in [-0.05, 0) is 32.6 Å². The third-order valence-corrected chi connectivity index (χ3v) is 3.21. The molecular weight excluding hydrogens is 196 g/mol. The van der Waals surface area contributed by atoms with Gasteiger partial charge in [-0.3, -0.25) is 0 Å². The van der Waals surface area contributed by atoms with E-state index in [2.05, 4.69) is 20.8 Å². The van der Waals surface area contributed by atoms with E-state index >= 15 is 0 Å². The zero-order valence-corrected chi connectivity index (χ0v) is 11.5. The van der Waals surface area contributed by atoms with Crippen molar-refractivity contribution >= 4 is 0 Å². The van der Waals surface area contributed by atoms with Crippen LogP contribution in [0.25, 0.3) is 0 Å². The molecule has 0 saturated carbocycles. The van der Waals surface area contributed by atoms with Crippen molar-refractivity contribution in [3.8, 4) is 0 Å². The molecule has 0 aliphatic heterocycles. The first-order valence-corrected chi connectivity index (χ1v) is 7.03. The van der Waals surface area contributed by atoms with Gasteiger partial charge >= 0.3 is 0 Å². The van der Waals surface area contributed by atoms with E-state index in [1.807, 2.05) is 0 Å². The van der Waals surface area contributed by atoms with Gasteiger partial charge in [0.25, 0.3) is 0 Å². The molecule has 0 saturated heterocycles. The summed E-state index contributed by atoms with van der Waals surface area (Å²) in [5.74, 6) is 0.869. The van der Waals surface area contributed by atoms with Crippen molar-refractivity contribution in [3.63, 3.8) is 0 Å². The first kappa shape index (κ1) is 15.9. The van der Waals surface area contributed by atoms with E-state index in [1.165, 1.54) is 51.4 Å². The number of rotatable bonds is 10. The summed E-state index contributed by atoms with van der Waals surface area (Å²) < 4.78 is 0. The summed E-state index contributed by atoms with van der Waals surface area (Å²) in [6.07, 6.45) is 10.4. The SMILES string of the molecule is CC(N)CCCCCC(C)CCCC(C)N. The predicted molar refractivity (Wildman–Crippen MR) is 73.4 cm³/mol. The third kappa shape index (κ3) is 12.0. The van der Waals surface area contributed by atoms with Crippen LogP contribution >= 0.6 is 0 Å². The van der Waals surface area contributed by atoms with Gasteiger partial charge in [0, 0.05) is 12.1 Å². The van der Waals surface area contributed by atoms with Gasteiger partial charge in [0.1, 0.15) is 0 Å². The zero-order valence-electron chi connectivity index (χ0n) is 11.5. The minimum atomic E-state index is 0.373. The highest BCUT2D eigenvalue weighted by Gasteiger charge is 2.03. The first-order valence-electron chi connectivity index (χ1n) is 7.03. The lowest BCUT2D eigenvalue weighted by Gasteiger charge is -2.12. The first-order chi connectivity index (χ1) is 7.52. The van der Waals surface area contributed by atoms with Crippen LogP contribution in [-0.4, -0.2) is 12.1 Å². The lowest BCUT2D eigenvalue weighted by Crippen LogP contribution is -2.14. The van der Waals surface area contributed by atoms with E-state index in [0.29, 0.717) is 12.1 Å². The van der Waals surface area contributed by atoms with Gasteiger partial charge in [0.2, 0.25) is 0 Å². The van der Waals surface area contributed by atoms with Crippen LogP contribution < -0.4 is 11.5 Å². The van der Waals surface area contributed by atoms with Gasteiger partial charge in [0.15, 0.2) is 0 Å². The highest BCUT2D eigenvalue weighted by molar-refractivity contribution is 4.59. The fraction of sp³-hybridized carbons (Fsp3) is 1.00. The van der Waals surface area contributed by atoms with Crippen molar-refractivity contribution in [2.45, 2.75) is 84.2 Å². The van der Waals surface area contributed by atoms with Gasteiger partial charge in [-0.25, -0.2) is 0 Å². The van der Waals surface area contributed by atoms with E-state index in [-0.39, 0.29) is 0 Å². The molecule has 16 heavy (non-hydrogen) atoms. The summed E-state index contributed by atoms with van der Waals surface area (Å²) in [5.41, 5.74) is 11.5. The summed E-state index contributed by atoms with van der Waals surface area (Å²) in [6.45, 7) is 6.56. The molecule has 0 fully saturated rings. The molecule has 0 radical (unpaired) electrons.